The molecule has 26 heavy (non-hydrogen) atoms. The van der Waals surface area contributed by atoms with Crippen molar-refractivity contribution in [3.63, 3.8) is 0 Å². The van der Waals surface area contributed by atoms with Crippen molar-refractivity contribution in [3.8, 4) is 0 Å². The van der Waals surface area contributed by atoms with Gasteiger partial charge < -0.3 is 9.30 Å². The van der Waals surface area contributed by atoms with Gasteiger partial charge in [0, 0.05) is 14.1 Å². The predicted molar refractivity (Wildman–Crippen MR) is 99.8 cm³/mol. The summed E-state index contributed by atoms with van der Waals surface area (Å²) < 4.78 is 9.09. The number of halogens is 2. The molecule has 0 bridgehead atoms. The molecule has 0 saturated carbocycles. The zero-order chi connectivity index (χ0) is 19.2. The van der Waals surface area contributed by atoms with E-state index in [1.54, 1.807) is 24.7 Å². The van der Waals surface area contributed by atoms with Crippen molar-refractivity contribution >= 4 is 44.7 Å². The normalized spacial score (nSPS) is 11.1. The van der Waals surface area contributed by atoms with Crippen molar-refractivity contribution in [2.75, 3.05) is 7.11 Å². The van der Waals surface area contributed by atoms with Crippen molar-refractivity contribution in [2.45, 2.75) is 6.54 Å². The Labute approximate surface area is 160 Å². The Kier molecular flexibility index (Phi) is 4.76. The lowest BCUT2D eigenvalue weighted by atomic mass is 10.1. The summed E-state index contributed by atoms with van der Waals surface area (Å²) in [5.74, 6) is -0.594. The molecule has 0 N–H and O–H groups in total. The van der Waals surface area contributed by atoms with Crippen LogP contribution in [0.5, 0.6) is 0 Å². The first-order chi connectivity index (χ1) is 12.3. The van der Waals surface area contributed by atoms with Crippen molar-refractivity contribution in [1.29, 1.82) is 0 Å². The van der Waals surface area contributed by atoms with Crippen LogP contribution in [0.25, 0.3) is 11.2 Å². The van der Waals surface area contributed by atoms with Gasteiger partial charge in [0.2, 0.25) is 0 Å². The fourth-order valence-electron chi connectivity index (χ4n) is 2.68. The van der Waals surface area contributed by atoms with Crippen LogP contribution in [-0.2, 0) is 25.4 Å². The molecule has 0 aliphatic carbocycles. The van der Waals surface area contributed by atoms with Gasteiger partial charge in [0.15, 0.2) is 15.9 Å². The van der Waals surface area contributed by atoms with Gasteiger partial charge in [-0.25, -0.2) is 14.6 Å². The maximum atomic E-state index is 12.8. The Hall–Kier alpha value is -2.39. The molecule has 0 fully saturated rings. The Morgan fingerprint density at radius 3 is 2.62 bits per heavy atom. The molecule has 3 aromatic rings. The molecule has 2 heterocycles. The van der Waals surface area contributed by atoms with Gasteiger partial charge in [0.25, 0.3) is 5.56 Å². The standard InChI is InChI=1S/C16H14BrClN4O4/c1-20-11-12(19-15(20)17)21(2)16(25)22(13(11)23)7-8-4-5-10(18)9(6-8)14(24)26-3/h4-6H,7H2,1-3H3. The highest BCUT2D eigenvalue weighted by Gasteiger charge is 2.18. The smallest absolute Gasteiger partial charge is 0.339 e. The van der Waals surface area contributed by atoms with Gasteiger partial charge in [-0.15, -0.1) is 0 Å². The summed E-state index contributed by atoms with van der Waals surface area (Å²) in [5, 5.41) is 0.229. The molecule has 136 valence electrons. The molecule has 0 radical (unpaired) electrons. The third kappa shape index (κ3) is 2.86. The third-order valence-electron chi connectivity index (χ3n) is 4.08. The van der Waals surface area contributed by atoms with Crippen LogP contribution in [0.4, 0.5) is 0 Å². The molecular weight excluding hydrogens is 428 g/mol. The maximum Gasteiger partial charge on any atom is 0.339 e. The van der Waals surface area contributed by atoms with Crippen LogP contribution in [0.3, 0.4) is 0 Å². The Balaban J connectivity index is 2.19. The van der Waals surface area contributed by atoms with E-state index in [4.69, 9.17) is 16.3 Å². The number of fused-ring (bicyclic) bond motifs is 1. The molecular formula is C16H14BrClN4O4. The molecule has 0 spiro atoms. The van der Waals surface area contributed by atoms with Crippen LogP contribution in [0.1, 0.15) is 15.9 Å². The summed E-state index contributed by atoms with van der Waals surface area (Å²) in [6, 6.07) is 4.67. The van der Waals surface area contributed by atoms with E-state index in [1.165, 1.54) is 23.8 Å². The van der Waals surface area contributed by atoms with Crippen LogP contribution >= 0.6 is 27.5 Å². The number of imidazole rings is 1. The minimum absolute atomic E-state index is 0.0224. The summed E-state index contributed by atoms with van der Waals surface area (Å²) in [6.07, 6.45) is 0. The van der Waals surface area contributed by atoms with E-state index < -0.39 is 17.2 Å². The van der Waals surface area contributed by atoms with E-state index in [2.05, 4.69) is 20.9 Å². The topological polar surface area (TPSA) is 88.1 Å². The average Bonchev–Trinajstić information content (AvgIpc) is 2.92. The zero-order valence-electron chi connectivity index (χ0n) is 14.1. The Morgan fingerprint density at radius 2 is 1.96 bits per heavy atom. The van der Waals surface area contributed by atoms with Crippen molar-refractivity contribution in [1.82, 2.24) is 18.7 Å². The monoisotopic (exact) mass is 440 g/mol. The quantitative estimate of drug-likeness (QED) is 0.456. The van der Waals surface area contributed by atoms with Crippen LogP contribution < -0.4 is 11.2 Å². The molecule has 0 unspecified atom stereocenters. The number of carbonyl (C=O) groups excluding carboxylic acids is 1. The van der Waals surface area contributed by atoms with Crippen molar-refractivity contribution in [3.05, 3.63) is 59.9 Å². The fraction of sp³-hybridized carbons (Fsp3) is 0.250. The van der Waals surface area contributed by atoms with Gasteiger partial charge in [0.1, 0.15) is 0 Å². The Bertz CT molecular complexity index is 1160. The van der Waals surface area contributed by atoms with Crippen LogP contribution in [0, 0.1) is 0 Å². The molecule has 3 rings (SSSR count). The first kappa shape index (κ1) is 18.4. The SMILES string of the molecule is COC(=O)c1cc(Cn2c(=O)c3c(nc(Br)n3C)n(C)c2=O)ccc1Cl. The molecule has 0 atom stereocenters. The second kappa shape index (κ2) is 6.73. The molecule has 2 aromatic heterocycles. The zero-order valence-corrected chi connectivity index (χ0v) is 16.5. The number of aromatic nitrogens is 4. The predicted octanol–water partition coefficient (Wildman–Crippen LogP) is 1.68. The highest BCUT2D eigenvalue weighted by atomic mass is 79.9. The number of rotatable bonds is 3. The van der Waals surface area contributed by atoms with Gasteiger partial charge in [-0.05, 0) is 33.6 Å². The Morgan fingerprint density at radius 1 is 1.27 bits per heavy atom. The number of ether oxygens (including phenoxy) is 1. The molecule has 0 saturated heterocycles. The minimum Gasteiger partial charge on any atom is -0.465 e. The van der Waals surface area contributed by atoms with E-state index in [-0.39, 0.29) is 22.8 Å². The number of methoxy groups -OCH3 is 1. The number of carbonyl (C=O) groups is 1. The van der Waals surface area contributed by atoms with Gasteiger partial charge in [-0.3, -0.25) is 13.9 Å². The number of hydrogen-bond acceptors (Lipinski definition) is 5. The third-order valence-corrected chi connectivity index (χ3v) is 5.12. The lowest BCUT2D eigenvalue weighted by Gasteiger charge is -2.10. The highest BCUT2D eigenvalue weighted by Crippen LogP contribution is 2.19. The van der Waals surface area contributed by atoms with E-state index >= 15 is 0 Å². The molecule has 0 aliphatic heterocycles. The summed E-state index contributed by atoms with van der Waals surface area (Å²) in [5.41, 5.74) is 0.328. The van der Waals surface area contributed by atoms with Gasteiger partial charge >= 0.3 is 11.7 Å². The first-order valence-electron chi connectivity index (χ1n) is 7.44. The lowest BCUT2D eigenvalue weighted by molar-refractivity contribution is 0.0601. The summed E-state index contributed by atoms with van der Waals surface area (Å²) in [6.45, 7) is -0.0224. The van der Waals surface area contributed by atoms with Crippen molar-refractivity contribution < 1.29 is 9.53 Å². The van der Waals surface area contributed by atoms with Crippen LogP contribution in [0.2, 0.25) is 5.02 Å². The lowest BCUT2D eigenvalue weighted by Crippen LogP contribution is -2.39. The number of hydrogen-bond donors (Lipinski definition) is 0. The van der Waals surface area contributed by atoms with E-state index in [1.807, 2.05) is 0 Å². The van der Waals surface area contributed by atoms with Crippen LogP contribution in [0.15, 0.2) is 32.5 Å². The van der Waals surface area contributed by atoms with Gasteiger partial charge in [-0.2, -0.15) is 0 Å². The molecule has 0 amide bonds. The van der Waals surface area contributed by atoms with E-state index in [0.717, 1.165) is 4.57 Å². The molecule has 0 aliphatic rings. The van der Waals surface area contributed by atoms with Gasteiger partial charge in [0.05, 0.1) is 24.2 Å². The van der Waals surface area contributed by atoms with E-state index in [0.29, 0.717) is 15.8 Å². The summed E-state index contributed by atoms with van der Waals surface area (Å²) in [4.78, 5) is 41.4. The van der Waals surface area contributed by atoms with Crippen molar-refractivity contribution in [2.24, 2.45) is 14.1 Å². The number of nitrogens with zero attached hydrogens (tertiary/aromatic N) is 4. The number of aryl methyl sites for hydroxylation is 2. The average molecular weight is 442 g/mol. The van der Waals surface area contributed by atoms with Crippen LogP contribution in [-0.4, -0.2) is 31.8 Å². The summed E-state index contributed by atoms with van der Waals surface area (Å²) >= 11 is 9.27. The summed E-state index contributed by atoms with van der Waals surface area (Å²) in [7, 11) is 4.47. The largest absolute Gasteiger partial charge is 0.465 e. The minimum atomic E-state index is -0.594. The number of esters is 1. The molecule has 1 aromatic carbocycles. The second-order valence-corrected chi connectivity index (χ2v) is 6.77. The fourth-order valence-corrected chi connectivity index (χ4v) is 3.22. The molecule has 8 nitrogen and oxygen atoms in total. The first-order valence-corrected chi connectivity index (χ1v) is 8.61. The number of benzene rings is 1. The molecule has 10 heteroatoms. The maximum absolute atomic E-state index is 12.8. The van der Waals surface area contributed by atoms with E-state index in [9.17, 15) is 14.4 Å². The van der Waals surface area contributed by atoms with Gasteiger partial charge in [-0.1, -0.05) is 17.7 Å². The highest BCUT2D eigenvalue weighted by molar-refractivity contribution is 9.10. The second-order valence-electron chi connectivity index (χ2n) is 5.65.